The van der Waals surface area contributed by atoms with Gasteiger partial charge >= 0.3 is 0 Å². The Kier molecular flexibility index (Phi) is 4.31. The first kappa shape index (κ1) is 13.7. The van der Waals surface area contributed by atoms with E-state index >= 15 is 0 Å². The molecule has 1 aromatic carbocycles. The van der Waals surface area contributed by atoms with Crippen molar-refractivity contribution in [2.75, 3.05) is 0 Å². The largest absolute Gasteiger partial charge is 0.387 e. The van der Waals surface area contributed by atoms with Crippen molar-refractivity contribution in [2.24, 2.45) is 5.41 Å². The van der Waals surface area contributed by atoms with Gasteiger partial charge in [0.05, 0.1) is 6.10 Å². The summed E-state index contributed by atoms with van der Waals surface area (Å²) in [4.78, 5) is 0. The van der Waals surface area contributed by atoms with Gasteiger partial charge in [0.25, 0.3) is 0 Å². The van der Waals surface area contributed by atoms with Crippen LogP contribution in [0.1, 0.15) is 44.4 Å². The van der Waals surface area contributed by atoms with E-state index in [0.717, 1.165) is 0 Å². The Bertz CT molecular complexity index is 446. The lowest BCUT2D eigenvalue weighted by atomic mass is 9.97. The maximum absolute atomic E-state index is 13.3. The van der Waals surface area contributed by atoms with E-state index in [1.807, 2.05) is 20.8 Å². The van der Waals surface area contributed by atoms with Crippen LogP contribution in [0.2, 0.25) is 0 Å². The third-order valence-electron chi connectivity index (χ3n) is 2.34. The van der Waals surface area contributed by atoms with Gasteiger partial charge in [-0.1, -0.05) is 24.0 Å². The van der Waals surface area contributed by atoms with Gasteiger partial charge in [-0.3, -0.25) is 0 Å². The minimum absolute atomic E-state index is 0.0712. The van der Waals surface area contributed by atoms with Crippen molar-refractivity contribution in [2.45, 2.75) is 40.2 Å². The normalized spacial score (nSPS) is 12.8. The summed E-state index contributed by atoms with van der Waals surface area (Å²) in [5.74, 6) is 5.69. The third-order valence-corrected chi connectivity index (χ3v) is 2.34. The Morgan fingerprint density at radius 1 is 1.35 bits per heavy atom. The summed E-state index contributed by atoms with van der Waals surface area (Å²) in [6, 6.07) is 4.78. The number of aliphatic hydroxyl groups is 1. The quantitative estimate of drug-likeness (QED) is 0.775. The van der Waals surface area contributed by atoms with Gasteiger partial charge in [0.2, 0.25) is 0 Å². The number of aryl methyl sites for hydroxylation is 1. The first-order valence-corrected chi connectivity index (χ1v) is 5.74. The van der Waals surface area contributed by atoms with E-state index in [1.165, 1.54) is 6.07 Å². The highest BCUT2D eigenvalue weighted by Gasteiger charge is 2.09. The number of rotatable bonds is 2. The number of aliphatic hydroxyl groups excluding tert-OH is 1. The fraction of sp³-hybridized carbons (Fsp3) is 0.467. The second-order valence-corrected chi connectivity index (χ2v) is 5.28. The van der Waals surface area contributed by atoms with E-state index in [1.54, 1.807) is 19.1 Å². The van der Waals surface area contributed by atoms with E-state index in [-0.39, 0.29) is 11.2 Å². The molecule has 92 valence electrons. The zero-order chi connectivity index (χ0) is 13.1. The molecule has 1 rings (SSSR count). The van der Waals surface area contributed by atoms with Crippen molar-refractivity contribution >= 4 is 0 Å². The zero-order valence-corrected chi connectivity index (χ0v) is 10.8. The van der Waals surface area contributed by atoms with Crippen LogP contribution in [0.3, 0.4) is 0 Å². The van der Waals surface area contributed by atoms with Crippen LogP contribution in [0.15, 0.2) is 18.2 Å². The molecular formula is C15H19FO. The number of halogens is 1. The van der Waals surface area contributed by atoms with Gasteiger partial charge < -0.3 is 5.11 Å². The summed E-state index contributed by atoms with van der Waals surface area (Å²) in [7, 11) is 0. The minimum atomic E-state index is -0.722. The number of hydrogen-bond acceptors (Lipinski definition) is 1. The molecule has 0 aromatic heterocycles. The molecule has 0 radical (unpaired) electrons. The molecule has 1 nitrogen and oxygen atoms in total. The van der Waals surface area contributed by atoms with Gasteiger partial charge in [-0.25, -0.2) is 4.39 Å². The molecule has 2 heteroatoms. The fourth-order valence-electron chi connectivity index (χ4n) is 1.35. The Hall–Kier alpha value is -1.33. The smallest absolute Gasteiger partial charge is 0.126 e. The maximum atomic E-state index is 13.3. The highest BCUT2D eigenvalue weighted by atomic mass is 19.1. The van der Waals surface area contributed by atoms with Crippen LogP contribution < -0.4 is 0 Å². The van der Waals surface area contributed by atoms with Crippen molar-refractivity contribution in [1.29, 1.82) is 0 Å². The second-order valence-electron chi connectivity index (χ2n) is 5.28. The molecule has 0 spiro atoms. The summed E-state index contributed by atoms with van der Waals surface area (Å²) >= 11 is 0. The lowest BCUT2D eigenvalue weighted by Gasteiger charge is -2.10. The zero-order valence-electron chi connectivity index (χ0n) is 10.8. The van der Waals surface area contributed by atoms with E-state index in [9.17, 15) is 9.50 Å². The van der Waals surface area contributed by atoms with Gasteiger partial charge in [-0.05, 0) is 44.9 Å². The van der Waals surface area contributed by atoms with Gasteiger partial charge in [0, 0.05) is 11.8 Å². The van der Waals surface area contributed by atoms with Crippen LogP contribution in [0.25, 0.3) is 0 Å². The molecule has 1 N–H and O–H groups in total. The summed E-state index contributed by atoms with van der Waals surface area (Å²) in [5.41, 5.74) is 1.09. The maximum Gasteiger partial charge on any atom is 0.126 e. The molecule has 17 heavy (non-hydrogen) atoms. The highest BCUT2D eigenvalue weighted by molar-refractivity contribution is 5.26. The van der Waals surface area contributed by atoms with E-state index < -0.39 is 6.10 Å². The Labute approximate surface area is 103 Å². The summed E-state index contributed by atoms with van der Waals surface area (Å²) < 4.78 is 13.3. The van der Waals surface area contributed by atoms with Crippen molar-refractivity contribution in [3.8, 4) is 11.8 Å². The summed E-state index contributed by atoms with van der Waals surface area (Å²) in [6.45, 7) is 7.73. The molecule has 0 aliphatic rings. The summed E-state index contributed by atoms with van der Waals surface area (Å²) in [5, 5.41) is 9.86. The van der Waals surface area contributed by atoms with Crippen LogP contribution in [-0.4, -0.2) is 5.11 Å². The average Bonchev–Trinajstić information content (AvgIpc) is 2.20. The minimum Gasteiger partial charge on any atom is -0.387 e. The number of hydrogen-bond donors (Lipinski definition) is 1. The lowest BCUT2D eigenvalue weighted by molar-refractivity contribution is 0.183. The lowest BCUT2D eigenvalue weighted by Crippen LogP contribution is -2.01. The van der Waals surface area contributed by atoms with Gasteiger partial charge in [-0.2, -0.15) is 0 Å². The average molecular weight is 234 g/mol. The van der Waals surface area contributed by atoms with Crippen LogP contribution in [0.5, 0.6) is 0 Å². The molecule has 0 saturated carbocycles. The third kappa shape index (κ3) is 4.58. The van der Waals surface area contributed by atoms with Crippen LogP contribution in [0, 0.1) is 30.0 Å². The molecule has 0 aliphatic carbocycles. The van der Waals surface area contributed by atoms with Gasteiger partial charge in [-0.15, -0.1) is 0 Å². The highest BCUT2D eigenvalue weighted by Crippen LogP contribution is 2.19. The van der Waals surface area contributed by atoms with Crippen molar-refractivity contribution in [1.82, 2.24) is 0 Å². The predicted octanol–water partition coefficient (Wildman–Crippen LogP) is 3.61. The molecule has 1 aromatic rings. The molecular weight excluding hydrogens is 215 g/mol. The standard InChI is InChI=1S/C15H19FO/c1-11-7-8-12(10-13(11)16)14(17)6-5-9-15(2,3)4/h7-8,10,14,17H,6H2,1-4H3. The van der Waals surface area contributed by atoms with Crippen molar-refractivity contribution in [3.05, 3.63) is 35.1 Å². The topological polar surface area (TPSA) is 20.2 Å². The van der Waals surface area contributed by atoms with Crippen molar-refractivity contribution < 1.29 is 9.50 Å². The van der Waals surface area contributed by atoms with Gasteiger partial charge in [0.15, 0.2) is 0 Å². The van der Waals surface area contributed by atoms with Crippen molar-refractivity contribution in [3.63, 3.8) is 0 Å². The predicted molar refractivity (Wildman–Crippen MR) is 67.9 cm³/mol. The van der Waals surface area contributed by atoms with E-state index in [4.69, 9.17) is 0 Å². The van der Waals surface area contributed by atoms with Gasteiger partial charge in [0.1, 0.15) is 5.82 Å². The monoisotopic (exact) mass is 234 g/mol. The first-order chi connectivity index (χ1) is 7.79. The molecule has 0 bridgehead atoms. The summed E-state index contributed by atoms with van der Waals surface area (Å²) in [6.07, 6.45) is -0.389. The van der Waals surface area contributed by atoms with E-state index in [0.29, 0.717) is 17.5 Å². The van der Waals surface area contributed by atoms with Crippen LogP contribution >= 0.6 is 0 Å². The van der Waals surface area contributed by atoms with Crippen LogP contribution in [-0.2, 0) is 0 Å². The molecule has 0 saturated heterocycles. The molecule has 0 amide bonds. The molecule has 0 fully saturated rings. The Morgan fingerprint density at radius 2 is 2.00 bits per heavy atom. The number of benzene rings is 1. The second kappa shape index (κ2) is 5.33. The Morgan fingerprint density at radius 3 is 2.53 bits per heavy atom. The molecule has 1 atom stereocenters. The van der Waals surface area contributed by atoms with E-state index in [2.05, 4.69) is 11.8 Å². The Balaban J connectivity index is 2.73. The SMILES string of the molecule is Cc1ccc(C(O)CC#CC(C)(C)C)cc1F. The molecule has 0 heterocycles. The first-order valence-electron chi connectivity index (χ1n) is 5.74. The molecule has 0 aliphatic heterocycles. The van der Waals surface area contributed by atoms with Crippen LogP contribution in [0.4, 0.5) is 4.39 Å². The molecule has 1 unspecified atom stereocenters. The fourth-order valence-corrected chi connectivity index (χ4v) is 1.35.